The standard InChI is InChI=1S/C24H33FN8/c1-17-11-18-3-4-19(21(14-26)15-28-6-5-25)12-20(18)16-33(17)23-13-22(29-24(27)30-23)32-9-7-31(2)8-10-32/h3-4,12-15,17,21,26H,5-11,16H2,1-2H3,(H2,27,29,30). The molecule has 33 heavy (non-hydrogen) atoms. The number of anilines is 3. The zero-order valence-corrected chi connectivity index (χ0v) is 19.4. The second kappa shape index (κ2) is 10.2. The van der Waals surface area contributed by atoms with Crippen molar-refractivity contribution >= 4 is 30.0 Å². The van der Waals surface area contributed by atoms with E-state index in [0.717, 1.165) is 49.8 Å². The number of rotatable bonds is 7. The van der Waals surface area contributed by atoms with E-state index in [0.29, 0.717) is 12.5 Å². The van der Waals surface area contributed by atoms with Gasteiger partial charge < -0.3 is 25.8 Å². The van der Waals surface area contributed by atoms with E-state index in [1.807, 2.05) is 6.07 Å². The molecule has 2 aliphatic rings. The van der Waals surface area contributed by atoms with Crippen molar-refractivity contribution < 1.29 is 4.39 Å². The molecule has 2 unspecified atom stereocenters. The molecule has 1 aromatic heterocycles. The molecule has 3 N–H and O–H groups in total. The van der Waals surface area contributed by atoms with Gasteiger partial charge in [-0.25, -0.2) is 4.39 Å². The molecular formula is C24H33FN8. The molecule has 176 valence electrons. The first-order valence-corrected chi connectivity index (χ1v) is 11.5. The average Bonchev–Trinajstić information content (AvgIpc) is 2.81. The highest BCUT2D eigenvalue weighted by Gasteiger charge is 2.26. The Kier molecular flexibility index (Phi) is 7.17. The van der Waals surface area contributed by atoms with Gasteiger partial charge in [0.25, 0.3) is 0 Å². The molecule has 0 bridgehead atoms. The molecule has 1 aromatic carbocycles. The Hall–Kier alpha value is -3.07. The summed E-state index contributed by atoms with van der Waals surface area (Å²) in [5.74, 6) is 1.76. The number of piperazine rings is 1. The van der Waals surface area contributed by atoms with Crippen LogP contribution in [-0.2, 0) is 13.0 Å². The molecule has 2 aliphatic heterocycles. The molecular weight excluding hydrogens is 419 g/mol. The molecule has 4 rings (SSSR count). The van der Waals surface area contributed by atoms with Crippen molar-refractivity contribution in [3.8, 4) is 0 Å². The van der Waals surface area contributed by atoms with E-state index < -0.39 is 6.67 Å². The van der Waals surface area contributed by atoms with Crippen molar-refractivity contribution in [3.05, 3.63) is 41.0 Å². The van der Waals surface area contributed by atoms with Crippen LogP contribution in [0.5, 0.6) is 0 Å². The minimum Gasteiger partial charge on any atom is -0.368 e. The highest BCUT2D eigenvalue weighted by Crippen LogP contribution is 2.31. The first kappa shape index (κ1) is 23.1. The largest absolute Gasteiger partial charge is 0.368 e. The van der Waals surface area contributed by atoms with Gasteiger partial charge in [-0.15, -0.1) is 0 Å². The van der Waals surface area contributed by atoms with Gasteiger partial charge in [0.1, 0.15) is 18.3 Å². The van der Waals surface area contributed by atoms with Crippen LogP contribution in [0.4, 0.5) is 22.0 Å². The number of hydrogen-bond acceptors (Lipinski definition) is 8. The van der Waals surface area contributed by atoms with Gasteiger partial charge in [0, 0.05) is 57.3 Å². The maximum Gasteiger partial charge on any atom is 0.223 e. The third kappa shape index (κ3) is 5.30. The number of aliphatic imine (C=N–C) groups is 1. The van der Waals surface area contributed by atoms with Crippen LogP contribution in [-0.4, -0.2) is 79.8 Å². The average molecular weight is 453 g/mol. The molecule has 3 heterocycles. The maximum atomic E-state index is 12.4. The van der Waals surface area contributed by atoms with E-state index in [1.165, 1.54) is 17.3 Å². The Morgan fingerprint density at radius 2 is 1.94 bits per heavy atom. The van der Waals surface area contributed by atoms with Gasteiger partial charge in [-0.05, 0) is 37.1 Å². The van der Waals surface area contributed by atoms with Gasteiger partial charge >= 0.3 is 0 Å². The predicted molar refractivity (Wildman–Crippen MR) is 133 cm³/mol. The van der Waals surface area contributed by atoms with Crippen molar-refractivity contribution in [1.29, 1.82) is 5.41 Å². The lowest BCUT2D eigenvalue weighted by atomic mass is 9.90. The molecule has 0 spiro atoms. The summed E-state index contributed by atoms with van der Waals surface area (Å²) in [5.41, 5.74) is 9.62. The normalized spacial score (nSPS) is 20.2. The molecule has 8 nitrogen and oxygen atoms in total. The number of aromatic nitrogens is 2. The minimum absolute atomic E-state index is 0.130. The van der Waals surface area contributed by atoms with Crippen LogP contribution >= 0.6 is 0 Å². The molecule has 0 aliphatic carbocycles. The van der Waals surface area contributed by atoms with E-state index in [4.69, 9.17) is 11.1 Å². The topological polar surface area (TPSA) is 97.7 Å². The molecule has 0 saturated carbocycles. The molecule has 1 saturated heterocycles. The van der Waals surface area contributed by atoms with Crippen molar-refractivity contribution in [3.63, 3.8) is 0 Å². The van der Waals surface area contributed by atoms with Crippen molar-refractivity contribution in [2.75, 3.05) is 62.0 Å². The first-order chi connectivity index (χ1) is 16.0. The number of nitrogen functional groups attached to an aromatic ring is 1. The van der Waals surface area contributed by atoms with Crippen LogP contribution < -0.4 is 15.5 Å². The van der Waals surface area contributed by atoms with E-state index in [1.54, 1.807) is 6.21 Å². The lowest BCUT2D eigenvalue weighted by molar-refractivity contribution is 0.312. The third-order valence-corrected chi connectivity index (χ3v) is 6.50. The lowest BCUT2D eigenvalue weighted by Crippen LogP contribution is -2.45. The van der Waals surface area contributed by atoms with Gasteiger partial charge in [0.15, 0.2) is 0 Å². The van der Waals surface area contributed by atoms with Crippen LogP contribution in [0.15, 0.2) is 29.3 Å². The summed E-state index contributed by atoms with van der Waals surface area (Å²) < 4.78 is 12.4. The van der Waals surface area contributed by atoms with E-state index in [9.17, 15) is 4.39 Å². The van der Waals surface area contributed by atoms with Crippen LogP contribution in [0, 0.1) is 5.41 Å². The molecule has 0 radical (unpaired) electrons. The Morgan fingerprint density at radius 1 is 1.18 bits per heavy atom. The highest BCUT2D eigenvalue weighted by molar-refractivity contribution is 5.89. The van der Waals surface area contributed by atoms with Gasteiger partial charge in [-0.3, -0.25) is 4.99 Å². The van der Waals surface area contributed by atoms with Crippen LogP contribution in [0.25, 0.3) is 0 Å². The SMILES string of the molecule is CC1Cc2ccc(C(C=N)C=NCCF)cc2CN1c1cc(N2CCN(C)CC2)nc(N)n1. The zero-order valence-electron chi connectivity index (χ0n) is 19.4. The maximum absolute atomic E-state index is 12.4. The number of halogens is 1. The fourth-order valence-corrected chi connectivity index (χ4v) is 4.52. The molecule has 2 atom stereocenters. The van der Waals surface area contributed by atoms with Crippen molar-refractivity contribution in [2.45, 2.75) is 31.8 Å². The summed E-state index contributed by atoms with van der Waals surface area (Å²) in [6.07, 6.45) is 3.90. The smallest absolute Gasteiger partial charge is 0.223 e. The number of nitrogens with two attached hydrogens (primary N) is 1. The molecule has 2 aromatic rings. The van der Waals surface area contributed by atoms with Gasteiger partial charge in [0.2, 0.25) is 5.95 Å². The zero-order chi connectivity index (χ0) is 23.4. The predicted octanol–water partition coefficient (Wildman–Crippen LogP) is 2.54. The quantitative estimate of drug-likeness (QED) is 0.627. The molecule has 0 amide bonds. The van der Waals surface area contributed by atoms with Crippen molar-refractivity contribution in [2.24, 2.45) is 4.99 Å². The number of fused-ring (bicyclic) bond motifs is 1. The number of alkyl halides is 1. The fourth-order valence-electron chi connectivity index (χ4n) is 4.52. The van der Waals surface area contributed by atoms with Gasteiger partial charge in [0.05, 0.1) is 12.5 Å². The van der Waals surface area contributed by atoms with E-state index >= 15 is 0 Å². The first-order valence-electron chi connectivity index (χ1n) is 11.5. The summed E-state index contributed by atoms with van der Waals surface area (Å²) in [5, 5.41) is 7.78. The fraction of sp³-hybridized carbons (Fsp3) is 0.500. The summed E-state index contributed by atoms with van der Waals surface area (Å²) in [6, 6.07) is 8.64. The third-order valence-electron chi connectivity index (χ3n) is 6.50. The van der Waals surface area contributed by atoms with Gasteiger partial charge in [-0.2, -0.15) is 9.97 Å². The summed E-state index contributed by atoms with van der Waals surface area (Å²) in [7, 11) is 2.13. The van der Waals surface area contributed by atoms with E-state index in [-0.39, 0.29) is 18.5 Å². The second-order valence-corrected chi connectivity index (χ2v) is 8.88. The lowest BCUT2D eigenvalue weighted by Gasteiger charge is -2.37. The second-order valence-electron chi connectivity index (χ2n) is 8.88. The summed E-state index contributed by atoms with van der Waals surface area (Å²) in [6.45, 7) is 6.38. The number of likely N-dealkylation sites (N-methyl/N-ethyl adjacent to an activating group) is 1. The number of hydrogen-bond donors (Lipinski definition) is 2. The summed E-state index contributed by atoms with van der Waals surface area (Å²) >= 11 is 0. The Balaban J connectivity index is 1.58. The molecule has 9 heteroatoms. The Morgan fingerprint density at radius 3 is 2.67 bits per heavy atom. The highest BCUT2D eigenvalue weighted by atomic mass is 19.1. The number of nitrogens with zero attached hydrogens (tertiary/aromatic N) is 6. The van der Waals surface area contributed by atoms with Crippen LogP contribution in [0.3, 0.4) is 0 Å². The van der Waals surface area contributed by atoms with E-state index in [2.05, 4.69) is 61.8 Å². The van der Waals surface area contributed by atoms with Crippen LogP contribution in [0.2, 0.25) is 0 Å². The summed E-state index contributed by atoms with van der Waals surface area (Å²) in [4.78, 5) is 20.0. The monoisotopic (exact) mass is 452 g/mol. The number of nitrogens with one attached hydrogen (secondary N) is 1. The minimum atomic E-state index is -0.490. The number of benzene rings is 1. The van der Waals surface area contributed by atoms with Crippen LogP contribution in [0.1, 0.15) is 29.5 Å². The Labute approximate surface area is 194 Å². The molecule has 1 fully saturated rings. The Bertz CT molecular complexity index is 1000. The van der Waals surface area contributed by atoms with Crippen molar-refractivity contribution in [1.82, 2.24) is 14.9 Å². The van der Waals surface area contributed by atoms with Gasteiger partial charge in [-0.1, -0.05) is 18.2 Å².